The molecule has 1 atom stereocenters. The minimum absolute atomic E-state index is 0.0212. The van der Waals surface area contributed by atoms with E-state index in [0.717, 1.165) is 51.4 Å². The van der Waals surface area contributed by atoms with Gasteiger partial charge in [0.05, 0.1) is 0 Å². The predicted octanol–water partition coefficient (Wildman–Crippen LogP) is 3.61. The molecule has 0 saturated heterocycles. The molecule has 0 aromatic carbocycles. The number of Topliss-reactive ketones (excluding diaryl/α,β-unsaturated/α-hetero) is 2. The third-order valence-electron chi connectivity index (χ3n) is 4.18. The molecule has 0 N–H and O–H groups in total. The van der Waals surface area contributed by atoms with Crippen molar-refractivity contribution in [2.45, 2.75) is 84.2 Å². The Morgan fingerprint density at radius 2 is 1.48 bits per heavy atom. The van der Waals surface area contributed by atoms with Gasteiger partial charge >= 0.3 is 5.97 Å². The lowest BCUT2D eigenvalue weighted by molar-refractivity contribution is -0.156. The molecule has 0 aromatic heterocycles. The van der Waals surface area contributed by atoms with E-state index in [2.05, 4.69) is 0 Å². The van der Waals surface area contributed by atoms with Gasteiger partial charge in [0.1, 0.15) is 5.78 Å². The summed E-state index contributed by atoms with van der Waals surface area (Å²) in [6, 6.07) is 0. The molecule has 0 heterocycles. The summed E-state index contributed by atoms with van der Waals surface area (Å²) in [6.45, 7) is 2.86. The predicted molar refractivity (Wildman–Crippen MR) is 80.9 cm³/mol. The monoisotopic (exact) mass is 296 g/mol. The third-order valence-corrected chi connectivity index (χ3v) is 4.18. The summed E-state index contributed by atoms with van der Waals surface area (Å²) in [7, 11) is 0. The fourth-order valence-electron chi connectivity index (χ4n) is 3.07. The number of ketones is 2. The third kappa shape index (κ3) is 7.39. The molecule has 2 aliphatic rings. The van der Waals surface area contributed by atoms with Crippen LogP contribution in [0.4, 0.5) is 0 Å². The lowest BCUT2D eigenvalue weighted by atomic mass is 9.84. The highest BCUT2D eigenvalue weighted by atomic mass is 16.5. The summed E-state index contributed by atoms with van der Waals surface area (Å²) in [4.78, 5) is 32.6. The molecule has 0 radical (unpaired) electrons. The van der Waals surface area contributed by atoms with Crippen molar-refractivity contribution in [3.8, 4) is 0 Å². The molecule has 0 bridgehead atoms. The molecule has 21 heavy (non-hydrogen) atoms. The molecule has 2 aliphatic carbocycles. The Bertz CT molecular complexity index is 348. The average molecular weight is 296 g/mol. The first-order valence-electron chi connectivity index (χ1n) is 8.20. The lowest BCUT2D eigenvalue weighted by Crippen LogP contribution is -2.33. The van der Waals surface area contributed by atoms with Crippen LogP contribution in [-0.2, 0) is 19.1 Å². The number of carbonyl (C=O) groups excluding carboxylic acids is 3. The smallest absolute Gasteiger partial charge is 0.303 e. The maximum atomic E-state index is 11.3. The van der Waals surface area contributed by atoms with Gasteiger partial charge in [-0.2, -0.15) is 0 Å². The van der Waals surface area contributed by atoms with E-state index in [4.69, 9.17) is 4.74 Å². The van der Waals surface area contributed by atoms with Gasteiger partial charge < -0.3 is 4.74 Å². The number of ether oxygens (including phenoxy) is 1. The van der Waals surface area contributed by atoms with E-state index in [-0.39, 0.29) is 17.7 Å². The van der Waals surface area contributed by atoms with Crippen LogP contribution in [0.1, 0.15) is 78.1 Å². The Morgan fingerprint density at radius 1 is 0.952 bits per heavy atom. The fraction of sp³-hybridized carbons (Fsp3) is 0.824. The second kappa shape index (κ2) is 9.69. The molecule has 0 amide bonds. The Balaban J connectivity index is 0.000000262. The fourth-order valence-corrected chi connectivity index (χ4v) is 3.07. The van der Waals surface area contributed by atoms with E-state index in [1.165, 1.54) is 26.7 Å². The number of carbonyl (C=O) groups is 3. The molecular weight excluding hydrogens is 268 g/mol. The molecule has 0 spiro atoms. The first kappa shape index (κ1) is 17.9. The van der Waals surface area contributed by atoms with E-state index in [1.54, 1.807) is 0 Å². The first-order valence-corrected chi connectivity index (χ1v) is 8.20. The van der Waals surface area contributed by atoms with Crippen LogP contribution in [0.15, 0.2) is 0 Å². The number of esters is 1. The van der Waals surface area contributed by atoms with E-state index in [1.807, 2.05) is 0 Å². The molecule has 2 rings (SSSR count). The van der Waals surface area contributed by atoms with Crippen LogP contribution >= 0.6 is 0 Å². The van der Waals surface area contributed by atoms with Crippen molar-refractivity contribution in [1.82, 2.24) is 0 Å². The van der Waals surface area contributed by atoms with Gasteiger partial charge in [0.25, 0.3) is 0 Å². The van der Waals surface area contributed by atoms with Crippen molar-refractivity contribution in [3.05, 3.63) is 0 Å². The van der Waals surface area contributed by atoms with Gasteiger partial charge in [0.2, 0.25) is 0 Å². The normalized spacial score (nSPS) is 21.0. The zero-order chi connectivity index (χ0) is 15.7. The Morgan fingerprint density at radius 3 is 1.86 bits per heavy atom. The van der Waals surface area contributed by atoms with Crippen molar-refractivity contribution >= 4 is 17.5 Å². The van der Waals surface area contributed by atoms with E-state index >= 15 is 0 Å². The summed E-state index contributed by atoms with van der Waals surface area (Å²) >= 11 is 0. The molecule has 0 aromatic rings. The summed E-state index contributed by atoms with van der Waals surface area (Å²) in [5.41, 5.74) is 0. The van der Waals surface area contributed by atoms with Gasteiger partial charge in [-0.1, -0.05) is 25.7 Å². The second-order valence-electron chi connectivity index (χ2n) is 6.14. The maximum absolute atomic E-state index is 11.3. The van der Waals surface area contributed by atoms with E-state index in [9.17, 15) is 14.4 Å². The molecule has 4 heteroatoms. The van der Waals surface area contributed by atoms with Crippen LogP contribution in [0.3, 0.4) is 0 Å². The zero-order valence-corrected chi connectivity index (χ0v) is 13.4. The van der Waals surface area contributed by atoms with Crippen LogP contribution in [0.5, 0.6) is 0 Å². The van der Waals surface area contributed by atoms with Crippen molar-refractivity contribution < 1.29 is 19.1 Å². The minimum atomic E-state index is -0.493. The van der Waals surface area contributed by atoms with Gasteiger partial charge in [-0.3, -0.25) is 14.4 Å². The van der Waals surface area contributed by atoms with Gasteiger partial charge in [0, 0.05) is 25.7 Å². The zero-order valence-electron chi connectivity index (χ0n) is 13.4. The summed E-state index contributed by atoms with van der Waals surface area (Å²) < 4.78 is 5.06. The number of rotatable bonds is 3. The SMILES string of the molecule is CC(=O)OC(C(C)=O)C1CCCCC1.O=C1CCCCC1. The lowest BCUT2D eigenvalue weighted by Gasteiger charge is -2.27. The van der Waals surface area contributed by atoms with Gasteiger partial charge in [0.15, 0.2) is 11.9 Å². The summed E-state index contributed by atoms with van der Waals surface area (Å²) in [5.74, 6) is 0.347. The Hall–Kier alpha value is -1.19. The number of hydrogen-bond acceptors (Lipinski definition) is 4. The highest BCUT2D eigenvalue weighted by Gasteiger charge is 2.29. The van der Waals surface area contributed by atoms with Crippen LogP contribution in [0.2, 0.25) is 0 Å². The van der Waals surface area contributed by atoms with Gasteiger partial charge in [-0.25, -0.2) is 0 Å². The van der Waals surface area contributed by atoms with Crippen molar-refractivity contribution in [3.63, 3.8) is 0 Å². The Kier molecular flexibility index (Phi) is 8.24. The van der Waals surface area contributed by atoms with Crippen LogP contribution < -0.4 is 0 Å². The molecule has 0 aliphatic heterocycles. The minimum Gasteiger partial charge on any atom is -0.454 e. The molecule has 2 fully saturated rings. The van der Waals surface area contributed by atoms with Crippen LogP contribution in [-0.4, -0.2) is 23.6 Å². The van der Waals surface area contributed by atoms with E-state index in [0.29, 0.717) is 5.78 Å². The summed E-state index contributed by atoms with van der Waals surface area (Å²) in [5, 5.41) is 0. The molecular formula is C17H28O4. The van der Waals surface area contributed by atoms with E-state index < -0.39 is 6.10 Å². The quantitative estimate of drug-likeness (QED) is 0.746. The van der Waals surface area contributed by atoms with Crippen LogP contribution in [0.25, 0.3) is 0 Å². The van der Waals surface area contributed by atoms with Crippen molar-refractivity contribution in [2.24, 2.45) is 5.92 Å². The standard InChI is InChI=1S/C11H18O3.C6H10O/c1-8(12)11(14-9(2)13)10-6-4-3-5-7-10;7-6-4-2-1-3-5-6/h10-11H,3-7H2,1-2H3;1-5H2. The molecule has 2 saturated carbocycles. The molecule has 120 valence electrons. The number of hydrogen-bond donors (Lipinski definition) is 0. The topological polar surface area (TPSA) is 60.4 Å². The molecule has 4 nitrogen and oxygen atoms in total. The highest BCUT2D eigenvalue weighted by Crippen LogP contribution is 2.28. The van der Waals surface area contributed by atoms with Gasteiger partial charge in [-0.05, 0) is 32.6 Å². The second-order valence-corrected chi connectivity index (χ2v) is 6.14. The largest absolute Gasteiger partial charge is 0.454 e. The van der Waals surface area contributed by atoms with Crippen molar-refractivity contribution in [1.29, 1.82) is 0 Å². The first-order chi connectivity index (χ1) is 10.0. The average Bonchev–Trinajstić information content (AvgIpc) is 2.47. The van der Waals surface area contributed by atoms with Crippen molar-refractivity contribution in [2.75, 3.05) is 0 Å². The highest BCUT2D eigenvalue weighted by molar-refractivity contribution is 5.83. The maximum Gasteiger partial charge on any atom is 0.303 e. The van der Waals surface area contributed by atoms with Crippen LogP contribution in [0, 0.1) is 5.92 Å². The Labute approximate surface area is 127 Å². The summed E-state index contributed by atoms with van der Waals surface area (Å²) in [6.07, 6.45) is 10.3. The molecule has 1 unspecified atom stereocenters. The van der Waals surface area contributed by atoms with Gasteiger partial charge in [-0.15, -0.1) is 0 Å².